The monoisotopic (exact) mass is 299 g/mol. The van der Waals surface area contributed by atoms with Crippen molar-refractivity contribution < 1.29 is 4.79 Å². The van der Waals surface area contributed by atoms with Gasteiger partial charge in [0.25, 0.3) is 0 Å². The molecule has 0 fully saturated rings. The van der Waals surface area contributed by atoms with Crippen LogP contribution < -0.4 is 5.32 Å². The Labute approximate surface area is 128 Å². The molecule has 1 N–H and O–H groups in total. The van der Waals surface area contributed by atoms with Crippen molar-refractivity contribution in [1.29, 1.82) is 5.26 Å². The van der Waals surface area contributed by atoms with Crippen LogP contribution in [-0.2, 0) is 11.3 Å². The molecule has 2 aromatic rings. The molecule has 1 amide bonds. The van der Waals surface area contributed by atoms with Gasteiger partial charge in [-0.2, -0.15) is 5.26 Å². The largest absolute Gasteiger partial charge is 0.376 e. The number of carbonyl (C=O) groups excluding carboxylic acids is 1. The number of hydrogen-bond donors (Lipinski definition) is 1. The zero-order valence-corrected chi connectivity index (χ0v) is 12.9. The molecule has 0 aliphatic carbocycles. The summed E-state index contributed by atoms with van der Waals surface area (Å²) in [5, 5.41) is 13.8. The van der Waals surface area contributed by atoms with Crippen LogP contribution in [0.3, 0.4) is 0 Å². The average Bonchev–Trinajstić information content (AvgIpc) is 2.90. The van der Waals surface area contributed by atoms with Gasteiger partial charge < -0.3 is 10.2 Å². The Hall–Kier alpha value is -2.32. The maximum absolute atomic E-state index is 12.1. The maximum atomic E-state index is 12.1. The van der Waals surface area contributed by atoms with E-state index in [1.807, 2.05) is 12.4 Å². The molecule has 0 unspecified atom stereocenters. The highest BCUT2D eigenvalue weighted by Crippen LogP contribution is 2.17. The summed E-state index contributed by atoms with van der Waals surface area (Å²) in [5.74, 6) is 0.0344. The fourth-order valence-corrected chi connectivity index (χ4v) is 2.80. The highest BCUT2D eigenvalue weighted by Gasteiger charge is 2.11. The van der Waals surface area contributed by atoms with Gasteiger partial charge in [0.05, 0.1) is 24.7 Å². The summed E-state index contributed by atoms with van der Waals surface area (Å²) in [6, 6.07) is 11.2. The van der Waals surface area contributed by atoms with Crippen molar-refractivity contribution in [2.45, 2.75) is 13.5 Å². The molecule has 108 valence electrons. The smallest absolute Gasteiger partial charge is 0.241 e. The van der Waals surface area contributed by atoms with Crippen LogP contribution >= 0.6 is 11.3 Å². The number of thiophene rings is 1. The highest BCUT2D eigenvalue weighted by molar-refractivity contribution is 7.10. The number of nitriles is 1. The normalized spacial score (nSPS) is 9.95. The van der Waals surface area contributed by atoms with Crippen molar-refractivity contribution in [3.8, 4) is 6.07 Å². The standard InChI is InChI=1S/C16H17N3OS/c1-12-7-8-21-15(12)11-19(2)16(20)10-18-14-5-3-13(9-17)4-6-14/h3-8,18H,10-11H2,1-2H3. The van der Waals surface area contributed by atoms with Crippen molar-refractivity contribution in [2.75, 3.05) is 18.9 Å². The van der Waals surface area contributed by atoms with E-state index in [9.17, 15) is 4.79 Å². The first-order chi connectivity index (χ1) is 10.1. The molecule has 0 atom stereocenters. The fraction of sp³-hybridized carbons (Fsp3) is 0.250. The number of hydrogen-bond acceptors (Lipinski definition) is 4. The topological polar surface area (TPSA) is 56.1 Å². The number of benzene rings is 1. The van der Waals surface area contributed by atoms with Gasteiger partial charge in [0.1, 0.15) is 0 Å². The second-order valence-electron chi connectivity index (χ2n) is 4.82. The summed E-state index contributed by atoms with van der Waals surface area (Å²) in [5.41, 5.74) is 2.67. The Balaban J connectivity index is 1.86. The number of likely N-dealkylation sites (N-methyl/N-ethyl adjacent to an activating group) is 1. The molecule has 5 heteroatoms. The van der Waals surface area contributed by atoms with Gasteiger partial charge in [-0.3, -0.25) is 4.79 Å². The number of rotatable bonds is 5. The van der Waals surface area contributed by atoms with Crippen LogP contribution in [0.25, 0.3) is 0 Å². The highest BCUT2D eigenvalue weighted by atomic mass is 32.1. The molecule has 0 bridgehead atoms. The van der Waals surface area contributed by atoms with Gasteiger partial charge in [-0.1, -0.05) is 0 Å². The van der Waals surface area contributed by atoms with E-state index >= 15 is 0 Å². The Bertz CT molecular complexity index is 655. The first kappa shape index (κ1) is 15.1. The summed E-state index contributed by atoms with van der Waals surface area (Å²) in [6.45, 7) is 2.93. The molecule has 0 aliphatic heterocycles. The third-order valence-corrected chi connectivity index (χ3v) is 4.24. The van der Waals surface area contributed by atoms with Crippen LogP contribution in [0.5, 0.6) is 0 Å². The lowest BCUT2D eigenvalue weighted by Crippen LogP contribution is -2.31. The zero-order valence-electron chi connectivity index (χ0n) is 12.1. The summed E-state index contributed by atoms with van der Waals surface area (Å²) >= 11 is 1.67. The Morgan fingerprint density at radius 2 is 2.05 bits per heavy atom. The Kier molecular flexibility index (Phi) is 4.96. The molecule has 4 nitrogen and oxygen atoms in total. The number of nitrogens with zero attached hydrogens (tertiary/aromatic N) is 2. The second-order valence-corrected chi connectivity index (χ2v) is 5.82. The van der Waals surface area contributed by atoms with Gasteiger partial charge in [-0.25, -0.2) is 0 Å². The average molecular weight is 299 g/mol. The van der Waals surface area contributed by atoms with E-state index in [2.05, 4.69) is 24.4 Å². The van der Waals surface area contributed by atoms with E-state index in [1.165, 1.54) is 10.4 Å². The van der Waals surface area contributed by atoms with Gasteiger partial charge in [0.2, 0.25) is 5.91 Å². The van der Waals surface area contributed by atoms with E-state index in [0.29, 0.717) is 12.1 Å². The van der Waals surface area contributed by atoms with E-state index in [4.69, 9.17) is 5.26 Å². The predicted octanol–water partition coefficient (Wildman–Crippen LogP) is 3.00. The fourth-order valence-electron chi connectivity index (χ4n) is 1.84. The Morgan fingerprint density at radius 1 is 1.33 bits per heavy atom. The first-order valence-corrected chi connectivity index (χ1v) is 7.49. The van der Waals surface area contributed by atoms with E-state index in [-0.39, 0.29) is 12.5 Å². The van der Waals surface area contributed by atoms with Crippen LogP contribution in [0.2, 0.25) is 0 Å². The van der Waals surface area contributed by atoms with Crippen LogP contribution in [-0.4, -0.2) is 24.4 Å². The minimum atomic E-state index is 0.0344. The van der Waals surface area contributed by atoms with Crippen molar-refractivity contribution in [2.24, 2.45) is 0 Å². The van der Waals surface area contributed by atoms with Gasteiger partial charge >= 0.3 is 0 Å². The molecule has 0 spiro atoms. The molecule has 0 saturated carbocycles. The number of aryl methyl sites for hydroxylation is 1. The summed E-state index contributed by atoms with van der Waals surface area (Å²) < 4.78 is 0. The van der Waals surface area contributed by atoms with Crippen LogP contribution in [0, 0.1) is 18.3 Å². The molecule has 21 heavy (non-hydrogen) atoms. The first-order valence-electron chi connectivity index (χ1n) is 6.61. The van der Waals surface area contributed by atoms with Gasteiger partial charge in [-0.05, 0) is 48.2 Å². The van der Waals surface area contributed by atoms with E-state index in [1.54, 1.807) is 40.5 Å². The third-order valence-electron chi connectivity index (χ3n) is 3.23. The van der Waals surface area contributed by atoms with Crippen molar-refractivity contribution >= 4 is 22.9 Å². The van der Waals surface area contributed by atoms with Crippen LogP contribution in [0.1, 0.15) is 16.0 Å². The zero-order chi connectivity index (χ0) is 15.2. The predicted molar refractivity (Wildman–Crippen MR) is 85.2 cm³/mol. The van der Waals surface area contributed by atoms with Crippen LogP contribution in [0.4, 0.5) is 5.69 Å². The molecular weight excluding hydrogens is 282 g/mol. The SMILES string of the molecule is Cc1ccsc1CN(C)C(=O)CNc1ccc(C#N)cc1. The van der Waals surface area contributed by atoms with Crippen molar-refractivity contribution in [3.63, 3.8) is 0 Å². The summed E-state index contributed by atoms with van der Waals surface area (Å²) in [6.07, 6.45) is 0. The number of nitrogens with one attached hydrogen (secondary N) is 1. The molecule has 0 radical (unpaired) electrons. The second kappa shape index (κ2) is 6.91. The minimum Gasteiger partial charge on any atom is -0.376 e. The number of amides is 1. The summed E-state index contributed by atoms with van der Waals surface area (Å²) in [4.78, 5) is 15.0. The number of carbonyl (C=O) groups is 1. The molecule has 0 saturated heterocycles. The molecule has 1 aromatic heterocycles. The van der Waals surface area contributed by atoms with E-state index in [0.717, 1.165) is 5.69 Å². The minimum absolute atomic E-state index is 0.0344. The van der Waals surface area contributed by atoms with Crippen molar-refractivity contribution in [3.05, 3.63) is 51.7 Å². The lowest BCUT2D eigenvalue weighted by atomic mass is 10.2. The van der Waals surface area contributed by atoms with E-state index < -0.39 is 0 Å². The van der Waals surface area contributed by atoms with Crippen LogP contribution in [0.15, 0.2) is 35.7 Å². The number of anilines is 1. The quantitative estimate of drug-likeness (QED) is 0.923. The molecule has 1 heterocycles. The lowest BCUT2D eigenvalue weighted by Gasteiger charge is -2.17. The van der Waals surface area contributed by atoms with Crippen molar-refractivity contribution in [1.82, 2.24) is 4.90 Å². The van der Waals surface area contributed by atoms with Gasteiger partial charge in [0, 0.05) is 17.6 Å². The maximum Gasteiger partial charge on any atom is 0.241 e. The molecule has 0 aliphatic rings. The Morgan fingerprint density at radius 3 is 2.62 bits per heavy atom. The molecule has 1 aromatic carbocycles. The van der Waals surface area contributed by atoms with Gasteiger partial charge in [0.15, 0.2) is 0 Å². The third kappa shape index (κ3) is 4.07. The molecule has 2 rings (SSSR count). The summed E-state index contributed by atoms with van der Waals surface area (Å²) in [7, 11) is 1.81. The van der Waals surface area contributed by atoms with Gasteiger partial charge in [-0.15, -0.1) is 11.3 Å². The molecular formula is C16H17N3OS. The lowest BCUT2D eigenvalue weighted by molar-refractivity contribution is -0.128.